The molecular formula is C43H42F8O3. The average Bonchev–Trinajstić information content (AvgIpc) is 3.18. The van der Waals surface area contributed by atoms with E-state index in [2.05, 4.69) is 6.58 Å². The minimum atomic E-state index is -1.54. The summed E-state index contributed by atoms with van der Waals surface area (Å²) in [6.07, 6.45) is 7.95. The number of benzene rings is 4. The van der Waals surface area contributed by atoms with E-state index in [1.165, 1.54) is 61.5 Å². The van der Waals surface area contributed by atoms with Gasteiger partial charge in [-0.25, -0.2) is 30.7 Å². The molecule has 4 rings (SSSR count). The van der Waals surface area contributed by atoms with Crippen LogP contribution in [0.2, 0.25) is 0 Å². The lowest BCUT2D eigenvalue weighted by Gasteiger charge is -2.15. The second kappa shape index (κ2) is 20.4. The molecule has 0 saturated carbocycles. The molecule has 0 radical (unpaired) electrons. The van der Waals surface area contributed by atoms with Gasteiger partial charge in [0, 0.05) is 11.1 Å². The van der Waals surface area contributed by atoms with Crippen LogP contribution in [0.3, 0.4) is 0 Å². The Morgan fingerprint density at radius 3 is 1.50 bits per heavy atom. The Morgan fingerprint density at radius 1 is 0.574 bits per heavy atom. The second-order valence-corrected chi connectivity index (χ2v) is 12.6. The SMILES string of the molecule is C=CCC(CCCCOc1ccc(/C(F)=C(\F)c2ccc(C)c(F)c2F)cc1)CCCCOc1ccc(/C(F)=C(\F)c2ccc(OCC)c(F)c2F)cc1. The predicted molar refractivity (Wildman–Crippen MR) is 197 cm³/mol. The molecular weight excluding hydrogens is 716 g/mol. The van der Waals surface area contributed by atoms with E-state index in [0.29, 0.717) is 30.6 Å². The molecule has 0 aliphatic carbocycles. The molecule has 0 aromatic heterocycles. The summed E-state index contributed by atoms with van der Waals surface area (Å²) in [5, 5.41) is 0. The molecule has 3 nitrogen and oxygen atoms in total. The van der Waals surface area contributed by atoms with Crippen LogP contribution in [0.25, 0.3) is 23.3 Å². The van der Waals surface area contributed by atoms with Gasteiger partial charge in [0.2, 0.25) is 5.82 Å². The van der Waals surface area contributed by atoms with Crippen LogP contribution < -0.4 is 14.2 Å². The molecule has 0 aliphatic heterocycles. The maximum atomic E-state index is 14.8. The van der Waals surface area contributed by atoms with Crippen LogP contribution in [0.1, 0.15) is 79.7 Å². The van der Waals surface area contributed by atoms with E-state index in [1.807, 2.05) is 6.08 Å². The van der Waals surface area contributed by atoms with E-state index < -0.39 is 57.7 Å². The highest BCUT2D eigenvalue weighted by atomic mass is 19.2. The zero-order valence-corrected chi connectivity index (χ0v) is 30.1. The molecule has 0 heterocycles. The van der Waals surface area contributed by atoms with E-state index in [4.69, 9.17) is 14.2 Å². The van der Waals surface area contributed by atoms with E-state index >= 15 is 0 Å². The smallest absolute Gasteiger partial charge is 0.201 e. The van der Waals surface area contributed by atoms with Gasteiger partial charge < -0.3 is 14.2 Å². The van der Waals surface area contributed by atoms with Crippen molar-refractivity contribution < 1.29 is 49.3 Å². The lowest BCUT2D eigenvalue weighted by Crippen LogP contribution is -2.04. The molecule has 1 atom stereocenters. The molecule has 0 aliphatic rings. The lowest BCUT2D eigenvalue weighted by atomic mass is 9.93. The van der Waals surface area contributed by atoms with Gasteiger partial charge in [0.05, 0.1) is 30.9 Å². The molecule has 4 aromatic carbocycles. The van der Waals surface area contributed by atoms with Crippen molar-refractivity contribution in [1.29, 1.82) is 0 Å². The molecule has 0 saturated heterocycles. The summed E-state index contributed by atoms with van der Waals surface area (Å²) in [6.45, 7) is 7.67. The van der Waals surface area contributed by atoms with E-state index in [1.54, 1.807) is 6.92 Å². The standard InChI is InChI=1S/C43H42F8O3/c1-4-10-28(11-6-8-25-53-31-18-14-29(15-19-31)37(45)40(48)33-22-13-27(3)36(44)39(33)47)12-7-9-26-54-32-20-16-30(17-21-32)38(46)41(49)34-23-24-35(52-5-2)43(51)42(34)50/h4,13-24,28H,1,5-12,25-26H2,2-3H3/b40-37+,41-38+. The Balaban J connectivity index is 1.16. The molecule has 1 unspecified atom stereocenters. The monoisotopic (exact) mass is 758 g/mol. The first-order valence-corrected chi connectivity index (χ1v) is 17.7. The number of halogens is 8. The minimum absolute atomic E-state index is 0.0124. The number of aryl methyl sites for hydroxylation is 1. The number of allylic oxidation sites excluding steroid dienone is 1. The third-order valence-corrected chi connectivity index (χ3v) is 8.75. The van der Waals surface area contributed by atoms with Crippen LogP contribution in [-0.4, -0.2) is 19.8 Å². The molecule has 0 amide bonds. The molecule has 288 valence electrons. The normalized spacial score (nSPS) is 12.9. The van der Waals surface area contributed by atoms with Crippen molar-refractivity contribution in [1.82, 2.24) is 0 Å². The highest BCUT2D eigenvalue weighted by Gasteiger charge is 2.22. The third-order valence-electron chi connectivity index (χ3n) is 8.75. The van der Waals surface area contributed by atoms with E-state index in [0.717, 1.165) is 63.1 Å². The third kappa shape index (κ3) is 11.0. The van der Waals surface area contributed by atoms with Gasteiger partial charge >= 0.3 is 0 Å². The zero-order chi connectivity index (χ0) is 39.2. The van der Waals surface area contributed by atoms with Crippen molar-refractivity contribution in [2.45, 2.75) is 58.8 Å². The molecule has 0 N–H and O–H groups in total. The van der Waals surface area contributed by atoms with E-state index in [9.17, 15) is 35.1 Å². The second-order valence-electron chi connectivity index (χ2n) is 12.6. The van der Waals surface area contributed by atoms with Gasteiger partial charge in [-0.05, 0) is 124 Å². The summed E-state index contributed by atoms with van der Waals surface area (Å²) in [5.41, 5.74) is -1.93. The summed E-state index contributed by atoms with van der Waals surface area (Å²) in [5.74, 6) is -10.3. The van der Waals surface area contributed by atoms with Crippen LogP contribution in [0.15, 0.2) is 85.5 Å². The molecule has 11 heteroatoms. The highest BCUT2D eigenvalue weighted by molar-refractivity contribution is 5.84. The van der Waals surface area contributed by atoms with Crippen LogP contribution in [0.5, 0.6) is 17.2 Å². The summed E-state index contributed by atoms with van der Waals surface area (Å²) >= 11 is 0. The summed E-state index contributed by atoms with van der Waals surface area (Å²) in [6, 6.07) is 15.3. The number of hydrogen-bond donors (Lipinski definition) is 0. The van der Waals surface area contributed by atoms with Crippen molar-refractivity contribution in [3.63, 3.8) is 0 Å². The van der Waals surface area contributed by atoms with Gasteiger partial charge in [0.15, 0.2) is 46.5 Å². The lowest BCUT2D eigenvalue weighted by molar-refractivity contribution is 0.286. The summed E-state index contributed by atoms with van der Waals surface area (Å²) in [7, 11) is 0. The van der Waals surface area contributed by atoms with Crippen LogP contribution in [0, 0.1) is 36.1 Å². The van der Waals surface area contributed by atoms with Crippen molar-refractivity contribution in [2.24, 2.45) is 5.92 Å². The van der Waals surface area contributed by atoms with Gasteiger partial charge in [-0.1, -0.05) is 25.0 Å². The quantitative estimate of drug-likeness (QED) is 0.0389. The van der Waals surface area contributed by atoms with Crippen LogP contribution >= 0.6 is 0 Å². The number of rotatable bonds is 20. The van der Waals surface area contributed by atoms with Gasteiger partial charge in [0.1, 0.15) is 11.5 Å². The number of ether oxygens (including phenoxy) is 3. The maximum absolute atomic E-state index is 14.8. The van der Waals surface area contributed by atoms with E-state index in [-0.39, 0.29) is 29.0 Å². The Morgan fingerprint density at radius 2 is 1.04 bits per heavy atom. The fourth-order valence-corrected chi connectivity index (χ4v) is 5.73. The van der Waals surface area contributed by atoms with Gasteiger partial charge in [-0.15, -0.1) is 6.58 Å². The minimum Gasteiger partial charge on any atom is -0.494 e. The van der Waals surface area contributed by atoms with Crippen molar-refractivity contribution in [3.8, 4) is 17.2 Å². The average molecular weight is 759 g/mol. The molecule has 4 aromatic rings. The molecule has 0 spiro atoms. The molecule has 0 bridgehead atoms. The zero-order valence-electron chi connectivity index (χ0n) is 30.1. The largest absolute Gasteiger partial charge is 0.494 e. The predicted octanol–water partition coefficient (Wildman–Crippen LogP) is 13.5. The van der Waals surface area contributed by atoms with Crippen LogP contribution in [0.4, 0.5) is 35.1 Å². The summed E-state index contributed by atoms with van der Waals surface area (Å²) < 4.78 is 132. The summed E-state index contributed by atoms with van der Waals surface area (Å²) in [4.78, 5) is 0. The Labute approximate surface area is 310 Å². The maximum Gasteiger partial charge on any atom is 0.201 e. The van der Waals surface area contributed by atoms with Crippen molar-refractivity contribution >= 4 is 23.3 Å². The Bertz CT molecular complexity index is 1920. The van der Waals surface area contributed by atoms with Crippen LogP contribution in [-0.2, 0) is 0 Å². The molecule has 0 fully saturated rings. The number of hydrogen-bond acceptors (Lipinski definition) is 3. The Kier molecular flexibility index (Phi) is 15.8. The van der Waals surface area contributed by atoms with Gasteiger partial charge in [0.25, 0.3) is 0 Å². The Hall–Kier alpha value is -5.06. The van der Waals surface area contributed by atoms with Crippen molar-refractivity contribution in [3.05, 3.63) is 137 Å². The fourth-order valence-electron chi connectivity index (χ4n) is 5.73. The highest BCUT2D eigenvalue weighted by Crippen LogP contribution is 2.35. The fraction of sp³-hybridized carbons (Fsp3) is 0.302. The first-order valence-electron chi connectivity index (χ1n) is 17.7. The van der Waals surface area contributed by atoms with Gasteiger partial charge in [-0.3, -0.25) is 0 Å². The van der Waals surface area contributed by atoms with Crippen molar-refractivity contribution in [2.75, 3.05) is 19.8 Å². The number of unbranched alkanes of at least 4 members (excludes halogenated alkanes) is 2. The van der Waals surface area contributed by atoms with Gasteiger partial charge in [-0.2, -0.15) is 4.39 Å². The first kappa shape index (κ1) is 41.7. The first-order chi connectivity index (χ1) is 26.0. The molecule has 54 heavy (non-hydrogen) atoms. The topological polar surface area (TPSA) is 27.7 Å².